The predicted molar refractivity (Wildman–Crippen MR) is 83.1 cm³/mol. The summed E-state index contributed by atoms with van der Waals surface area (Å²) in [5.41, 5.74) is 6.10. The molecule has 0 bridgehead atoms. The average Bonchev–Trinajstić information content (AvgIpc) is 2.37. The largest absolute Gasteiger partial charge is 0.378 e. The van der Waals surface area contributed by atoms with Crippen molar-refractivity contribution in [3.05, 3.63) is 27.7 Å². The van der Waals surface area contributed by atoms with Crippen molar-refractivity contribution in [3.8, 4) is 0 Å². The van der Waals surface area contributed by atoms with Crippen molar-refractivity contribution in [2.24, 2.45) is 5.73 Å². The first-order chi connectivity index (χ1) is 9.83. The summed E-state index contributed by atoms with van der Waals surface area (Å²) >= 11 is 12.0. The van der Waals surface area contributed by atoms with E-state index in [4.69, 9.17) is 33.7 Å². The summed E-state index contributed by atoms with van der Waals surface area (Å²) in [4.78, 5) is 0.00756. The van der Waals surface area contributed by atoms with Crippen molar-refractivity contribution >= 4 is 33.2 Å². The van der Waals surface area contributed by atoms with Gasteiger partial charge in [-0.3, -0.25) is 0 Å². The van der Waals surface area contributed by atoms with Gasteiger partial charge < -0.3 is 10.5 Å². The summed E-state index contributed by atoms with van der Waals surface area (Å²) in [7, 11) is -3.72. The lowest BCUT2D eigenvalue weighted by Gasteiger charge is -2.27. The molecule has 2 rings (SSSR count). The Morgan fingerprint density at radius 2 is 2.10 bits per heavy atom. The number of sulfonamides is 1. The van der Waals surface area contributed by atoms with Gasteiger partial charge >= 0.3 is 0 Å². The molecule has 1 saturated heterocycles. The van der Waals surface area contributed by atoms with Gasteiger partial charge in [0.05, 0.1) is 11.1 Å². The molecule has 0 aromatic heterocycles. The van der Waals surface area contributed by atoms with E-state index < -0.39 is 10.0 Å². The monoisotopic (exact) mass is 352 g/mol. The van der Waals surface area contributed by atoms with E-state index in [1.807, 2.05) is 6.92 Å². The van der Waals surface area contributed by atoms with Crippen LogP contribution in [0.5, 0.6) is 0 Å². The molecule has 0 spiro atoms. The molecule has 0 amide bonds. The molecule has 21 heavy (non-hydrogen) atoms. The van der Waals surface area contributed by atoms with Crippen molar-refractivity contribution < 1.29 is 13.2 Å². The molecule has 118 valence electrons. The molecule has 1 fully saturated rings. The molecule has 8 heteroatoms. The van der Waals surface area contributed by atoms with Crippen molar-refractivity contribution in [1.82, 2.24) is 4.72 Å². The quantitative estimate of drug-likeness (QED) is 0.870. The minimum atomic E-state index is -3.72. The normalized spacial score (nSPS) is 23.2. The predicted octanol–water partition coefficient (Wildman–Crippen LogP) is 2.30. The number of hydrogen-bond acceptors (Lipinski definition) is 4. The Hall–Kier alpha value is -0.370. The first-order valence-electron chi connectivity index (χ1n) is 6.65. The van der Waals surface area contributed by atoms with Crippen LogP contribution in [-0.2, 0) is 21.3 Å². The highest BCUT2D eigenvalue weighted by molar-refractivity contribution is 7.89. The molecular formula is C13H18Cl2N2O3S. The van der Waals surface area contributed by atoms with Crippen molar-refractivity contribution in [2.45, 2.75) is 43.4 Å². The lowest BCUT2D eigenvalue weighted by atomic mass is 10.1. The van der Waals surface area contributed by atoms with Gasteiger partial charge in [-0.15, -0.1) is 0 Å². The molecule has 1 aromatic rings. The minimum absolute atomic E-state index is 0.00756. The number of rotatable bonds is 4. The van der Waals surface area contributed by atoms with Gasteiger partial charge in [0.1, 0.15) is 4.90 Å². The average molecular weight is 353 g/mol. The number of halogens is 2. The highest BCUT2D eigenvalue weighted by Crippen LogP contribution is 2.29. The first kappa shape index (κ1) is 17.0. The fourth-order valence-electron chi connectivity index (χ4n) is 2.32. The molecule has 2 unspecified atom stereocenters. The first-order valence-corrected chi connectivity index (χ1v) is 8.89. The van der Waals surface area contributed by atoms with Gasteiger partial charge in [0.25, 0.3) is 0 Å². The summed E-state index contributed by atoms with van der Waals surface area (Å²) < 4.78 is 33.1. The zero-order valence-corrected chi connectivity index (χ0v) is 13.9. The summed E-state index contributed by atoms with van der Waals surface area (Å²) in [6.45, 7) is 2.60. The summed E-state index contributed by atoms with van der Waals surface area (Å²) in [6.07, 6.45) is 1.30. The molecule has 3 N–H and O–H groups in total. The number of nitrogens with two attached hydrogens (primary N) is 1. The zero-order valence-electron chi connectivity index (χ0n) is 11.6. The SMILES string of the molecule is CC1CC(NS(=O)(=O)c2cc(CN)c(Cl)cc2Cl)CCO1. The van der Waals surface area contributed by atoms with Gasteiger partial charge in [0.15, 0.2) is 0 Å². The Bertz CT molecular complexity index is 622. The van der Waals surface area contributed by atoms with E-state index in [9.17, 15) is 8.42 Å². The van der Waals surface area contributed by atoms with Gasteiger partial charge in [0, 0.05) is 24.2 Å². The second kappa shape index (κ2) is 6.81. The zero-order chi connectivity index (χ0) is 15.6. The van der Waals surface area contributed by atoms with E-state index in [1.165, 1.54) is 12.1 Å². The van der Waals surface area contributed by atoms with E-state index in [1.54, 1.807) is 0 Å². The molecule has 0 saturated carbocycles. The topological polar surface area (TPSA) is 81.4 Å². The number of ether oxygens (including phenoxy) is 1. The Morgan fingerprint density at radius 3 is 2.71 bits per heavy atom. The minimum Gasteiger partial charge on any atom is -0.378 e. The number of nitrogens with one attached hydrogen (secondary N) is 1. The maximum absolute atomic E-state index is 12.5. The molecule has 1 aliphatic heterocycles. The Balaban J connectivity index is 2.27. The summed E-state index contributed by atoms with van der Waals surface area (Å²) in [5, 5.41) is 0.450. The Kier molecular flexibility index (Phi) is 5.51. The van der Waals surface area contributed by atoms with Gasteiger partial charge in [0.2, 0.25) is 10.0 Å². The van der Waals surface area contributed by atoms with Gasteiger partial charge in [-0.1, -0.05) is 23.2 Å². The van der Waals surface area contributed by atoms with Crippen LogP contribution in [-0.4, -0.2) is 27.2 Å². The molecule has 1 aromatic carbocycles. The van der Waals surface area contributed by atoms with E-state index in [2.05, 4.69) is 4.72 Å². The van der Waals surface area contributed by atoms with E-state index in [-0.39, 0.29) is 28.6 Å². The van der Waals surface area contributed by atoms with Gasteiger partial charge in [-0.2, -0.15) is 0 Å². The molecule has 1 aliphatic rings. The van der Waals surface area contributed by atoms with E-state index in [0.29, 0.717) is 30.0 Å². The van der Waals surface area contributed by atoms with Crippen LogP contribution >= 0.6 is 23.2 Å². The third-order valence-electron chi connectivity index (χ3n) is 3.42. The van der Waals surface area contributed by atoms with Crippen molar-refractivity contribution in [2.75, 3.05) is 6.61 Å². The van der Waals surface area contributed by atoms with Crippen LogP contribution in [0.4, 0.5) is 0 Å². The van der Waals surface area contributed by atoms with Crippen LogP contribution in [0.15, 0.2) is 17.0 Å². The second-order valence-corrected chi connectivity index (χ2v) is 7.60. The van der Waals surface area contributed by atoms with E-state index in [0.717, 1.165) is 0 Å². The van der Waals surface area contributed by atoms with Crippen LogP contribution in [0.2, 0.25) is 10.0 Å². The van der Waals surface area contributed by atoms with E-state index >= 15 is 0 Å². The van der Waals surface area contributed by atoms with Crippen LogP contribution in [0.25, 0.3) is 0 Å². The number of hydrogen-bond donors (Lipinski definition) is 2. The third-order valence-corrected chi connectivity index (χ3v) is 5.75. The second-order valence-electron chi connectivity index (χ2n) is 5.10. The summed E-state index contributed by atoms with van der Waals surface area (Å²) in [5.74, 6) is 0. The standard InChI is InChI=1S/C13H18Cl2N2O3S/c1-8-4-10(2-3-20-8)17-21(18,19)13-5-9(7-16)11(14)6-12(13)15/h5-6,8,10,17H,2-4,7,16H2,1H3. The Labute approximate surface area is 134 Å². The van der Waals surface area contributed by atoms with Crippen LogP contribution in [0, 0.1) is 0 Å². The van der Waals surface area contributed by atoms with Crippen molar-refractivity contribution in [3.63, 3.8) is 0 Å². The smallest absolute Gasteiger partial charge is 0.242 e. The lowest BCUT2D eigenvalue weighted by Crippen LogP contribution is -2.41. The molecular weight excluding hydrogens is 335 g/mol. The maximum atomic E-state index is 12.5. The van der Waals surface area contributed by atoms with Crippen molar-refractivity contribution in [1.29, 1.82) is 0 Å². The molecule has 1 heterocycles. The van der Waals surface area contributed by atoms with Crippen LogP contribution in [0.3, 0.4) is 0 Å². The highest BCUT2D eigenvalue weighted by atomic mass is 35.5. The fourth-order valence-corrected chi connectivity index (χ4v) is 4.48. The van der Waals surface area contributed by atoms with Gasteiger partial charge in [-0.05, 0) is 37.5 Å². The van der Waals surface area contributed by atoms with Crippen LogP contribution in [0.1, 0.15) is 25.3 Å². The molecule has 2 atom stereocenters. The lowest BCUT2D eigenvalue weighted by molar-refractivity contribution is 0.0173. The molecule has 0 aliphatic carbocycles. The third kappa shape index (κ3) is 4.09. The highest BCUT2D eigenvalue weighted by Gasteiger charge is 2.27. The molecule has 0 radical (unpaired) electrons. The Morgan fingerprint density at radius 1 is 1.38 bits per heavy atom. The van der Waals surface area contributed by atoms with Gasteiger partial charge in [-0.25, -0.2) is 13.1 Å². The maximum Gasteiger partial charge on any atom is 0.242 e. The molecule has 5 nitrogen and oxygen atoms in total. The van der Waals surface area contributed by atoms with Crippen LogP contribution < -0.4 is 10.5 Å². The fraction of sp³-hybridized carbons (Fsp3) is 0.538. The number of benzene rings is 1. The summed E-state index contributed by atoms with van der Waals surface area (Å²) in [6, 6.07) is 2.68.